The molecule has 0 bridgehead atoms. The SMILES string of the molecule is CNC(CCCC1CCCO1)c1ccccc1I. The summed E-state index contributed by atoms with van der Waals surface area (Å²) >= 11 is 2.42. The number of benzene rings is 1. The molecule has 1 aromatic rings. The van der Waals surface area contributed by atoms with E-state index >= 15 is 0 Å². The molecular weight excluding hydrogens is 337 g/mol. The first-order chi connectivity index (χ1) is 8.81. The molecule has 1 aliphatic heterocycles. The van der Waals surface area contributed by atoms with Gasteiger partial charge < -0.3 is 10.1 Å². The summed E-state index contributed by atoms with van der Waals surface area (Å²) in [5.41, 5.74) is 1.42. The van der Waals surface area contributed by atoms with Crippen LogP contribution in [-0.4, -0.2) is 19.8 Å². The Morgan fingerprint density at radius 2 is 2.28 bits per heavy atom. The van der Waals surface area contributed by atoms with Gasteiger partial charge in [-0.05, 0) is 73.4 Å². The van der Waals surface area contributed by atoms with Crippen molar-refractivity contribution in [3.8, 4) is 0 Å². The summed E-state index contributed by atoms with van der Waals surface area (Å²) in [5.74, 6) is 0. The summed E-state index contributed by atoms with van der Waals surface area (Å²) in [7, 11) is 2.06. The maximum absolute atomic E-state index is 5.68. The molecule has 100 valence electrons. The zero-order valence-electron chi connectivity index (χ0n) is 11.0. The van der Waals surface area contributed by atoms with Gasteiger partial charge in [0.25, 0.3) is 0 Å². The van der Waals surface area contributed by atoms with E-state index < -0.39 is 0 Å². The molecule has 0 aromatic heterocycles. The Kier molecular flexibility index (Phi) is 5.92. The molecule has 1 fully saturated rings. The lowest BCUT2D eigenvalue weighted by atomic mass is 9.99. The van der Waals surface area contributed by atoms with Crippen LogP contribution in [0.1, 0.15) is 43.7 Å². The van der Waals surface area contributed by atoms with Gasteiger partial charge in [0.15, 0.2) is 0 Å². The third kappa shape index (κ3) is 3.93. The average Bonchev–Trinajstić information content (AvgIpc) is 2.89. The third-order valence-corrected chi connectivity index (χ3v) is 4.65. The van der Waals surface area contributed by atoms with Gasteiger partial charge >= 0.3 is 0 Å². The Morgan fingerprint density at radius 1 is 1.44 bits per heavy atom. The van der Waals surface area contributed by atoms with Crippen molar-refractivity contribution in [2.45, 2.75) is 44.2 Å². The summed E-state index contributed by atoms with van der Waals surface area (Å²) in [4.78, 5) is 0. The van der Waals surface area contributed by atoms with Gasteiger partial charge in [-0.3, -0.25) is 0 Å². The van der Waals surface area contributed by atoms with E-state index in [1.165, 1.54) is 41.2 Å². The molecule has 0 aliphatic carbocycles. The van der Waals surface area contributed by atoms with Gasteiger partial charge in [-0.15, -0.1) is 0 Å². The van der Waals surface area contributed by atoms with E-state index in [0.29, 0.717) is 12.1 Å². The van der Waals surface area contributed by atoms with Crippen molar-refractivity contribution in [3.05, 3.63) is 33.4 Å². The second kappa shape index (κ2) is 7.46. The lowest BCUT2D eigenvalue weighted by Gasteiger charge is -2.19. The van der Waals surface area contributed by atoms with E-state index in [1.807, 2.05) is 0 Å². The molecule has 2 unspecified atom stereocenters. The molecule has 1 aliphatic rings. The van der Waals surface area contributed by atoms with Crippen LogP contribution in [-0.2, 0) is 4.74 Å². The van der Waals surface area contributed by atoms with Crippen LogP contribution in [0.2, 0.25) is 0 Å². The third-order valence-electron chi connectivity index (χ3n) is 3.67. The number of nitrogens with one attached hydrogen (secondary N) is 1. The van der Waals surface area contributed by atoms with E-state index in [4.69, 9.17) is 4.74 Å². The summed E-state index contributed by atoms with van der Waals surface area (Å²) < 4.78 is 7.03. The molecular formula is C15H22INO. The van der Waals surface area contributed by atoms with Crippen molar-refractivity contribution in [1.29, 1.82) is 0 Å². The largest absolute Gasteiger partial charge is 0.378 e. The normalized spacial score (nSPS) is 21.1. The Balaban J connectivity index is 1.83. The van der Waals surface area contributed by atoms with Crippen LogP contribution in [0.25, 0.3) is 0 Å². The fourth-order valence-electron chi connectivity index (χ4n) is 2.63. The zero-order valence-corrected chi connectivity index (χ0v) is 13.2. The fraction of sp³-hybridized carbons (Fsp3) is 0.600. The van der Waals surface area contributed by atoms with Gasteiger partial charge in [0.05, 0.1) is 6.10 Å². The van der Waals surface area contributed by atoms with Crippen LogP contribution in [0.3, 0.4) is 0 Å². The number of rotatable bonds is 6. The molecule has 0 radical (unpaired) electrons. The Morgan fingerprint density at radius 3 is 2.94 bits per heavy atom. The van der Waals surface area contributed by atoms with E-state index in [9.17, 15) is 0 Å². The van der Waals surface area contributed by atoms with Crippen molar-refractivity contribution in [3.63, 3.8) is 0 Å². The number of ether oxygens (including phenoxy) is 1. The van der Waals surface area contributed by atoms with Crippen LogP contribution >= 0.6 is 22.6 Å². The van der Waals surface area contributed by atoms with Crippen molar-refractivity contribution in [2.75, 3.05) is 13.7 Å². The van der Waals surface area contributed by atoms with E-state index in [-0.39, 0.29) is 0 Å². The number of hydrogen-bond acceptors (Lipinski definition) is 2. The highest BCUT2D eigenvalue weighted by molar-refractivity contribution is 14.1. The van der Waals surface area contributed by atoms with E-state index in [0.717, 1.165) is 6.61 Å². The second-order valence-electron chi connectivity index (χ2n) is 4.93. The Bertz CT molecular complexity index is 363. The van der Waals surface area contributed by atoms with Crippen LogP contribution < -0.4 is 5.32 Å². The quantitative estimate of drug-likeness (QED) is 0.778. The predicted molar refractivity (Wildman–Crippen MR) is 83.8 cm³/mol. The molecule has 2 nitrogen and oxygen atoms in total. The maximum Gasteiger partial charge on any atom is 0.0576 e. The average molecular weight is 359 g/mol. The van der Waals surface area contributed by atoms with Gasteiger partial charge in [-0.1, -0.05) is 18.2 Å². The van der Waals surface area contributed by atoms with E-state index in [2.05, 4.69) is 59.2 Å². The molecule has 1 saturated heterocycles. The minimum absolute atomic E-state index is 0.472. The second-order valence-corrected chi connectivity index (χ2v) is 6.09. The summed E-state index contributed by atoms with van der Waals surface area (Å²) in [6.45, 7) is 0.969. The van der Waals surface area contributed by atoms with Crippen molar-refractivity contribution in [2.24, 2.45) is 0 Å². The molecule has 0 saturated carbocycles. The maximum atomic E-state index is 5.68. The van der Waals surface area contributed by atoms with Gasteiger partial charge in [0, 0.05) is 16.2 Å². The molecule has 3 heteroatoms. The Hall–Kier alpha value is -0.130. The monoisotopic (exact) mass is 359 g/mol. The molecule has 2 atom stereocenters. The zero-order chi connectivity index (χ0) is 12.8. The van der Waals surface area contributed by atoms with Crippen molar-refractivity contribution >= 4 is 22.6 Å². The van der Waals surface area contributed by atoms with Crippen LogP contribution in [0, 0.1) is 3.57 Å². The lowest BCUT2D eigenvalue weighted by molar-refractivity contribution is 0.101. The molecule has 1 aromatic carbocycles. The van der Waals surface area contributed by atoms with Crippen LogP contribution in [0.5, 0.6) is 0 Å². The minimum atomic E-state index is 0.472. The van der Waals surface area contributed by atoms with Crippen LogP contribution in [0.15, 0.2) is 24.3 Å². The smallest absolute Gasteiger partial charge is 0.0576 e. The van der Waals surface area contributed by atoms with Gasteiger partial charge in [0.2, 0.25) is 0 Å². The van der Waals surface area contributed by atoms with Gasteiger partial charge in [-0.25, -0.2) is 0 Å². The first-order valence-corrected chi connectivity index (χ1v) is 7.92. The van der Waals surface area contributed by atoms with Crippen LogP contribution in [0.4, 0.5) is 0 Å². The topological polar surface area (TPSA) is 21.3 Å². The fourth-order valence-corrected chi connectivity index (χ4v) is 3.40. The summed E-state index contributed by atoms with van der Waals surface area (Å²) in [5, 5.41) is 3.44. The van der Waals surface area contributed by atoms with E-state index in [1.54, 1.807) is 0 Å². The first-order valence-electron chi connectivity index (χ1n) is 6.84. The molecule has 18 heavy (non-hydrogen) atoms. The summed E-state index contributed by atoms with van der Waals surface area (Å²) in [6, 6.07) is 9.11. The molecule has 1 heterocycles. The molecule has 1 N–H and O–H groups in total. The lowest BCUT2D eigenvalue weighted by Crippen LogP contribution is -2.18. The highest BCUT2D eigenvalue weighted by Crippen LogP contribution is 2.25. The standard InChI is InChI=1S/C15H22INO/c1-17-15(13-8-2-3-9-14(13)16)10-4-6-12-7-5-11-18-12/h2-3,8-9,12,15,17H,4-7,10-11H2,1H3. The highest BCUT2D eigenvalue weighted by atomic mass is 127. The molecule has 0 spiro atoms. The van der Waals surface area contributed by atoms with Crippen molar-refractivity contribution in [1.82, 2.24) is 5.32 Å². The van der Waals surface area contributed by atoms with Gasteiger partial charge in [0.1, 0.15) is 0 Å². The minimum Gasteiger partial charge on any atom is -0.378 e. The Labute approximate surface area is 124 Å². The first kappa shape index (κ1) is 14.3. The van der Waals surface area contributed by atoms with Gasteiger partial charge in [-0.2, -0.15) is 0 Å². The molecule has 0 amide bonds. The molecule has 2 rings (SSSR count). The van der Waals surface area contributed by atoms with Crippen molar-refractivity contribution < 1.29 is 4.74 Å². The summed E-state index contributed by atoms with van der Waals surface area (Å²) in [6.07, 6.45) is 6.67. The number of hydrogen-bond donors (Lipinski definition) is 1. The highest BCUT2D eigenvalue weighted by Gasteiger charge is 2.17. The predicted octanol–water partition coefficient (Wildman–Crippen LogP) is 3.90. The number of halogens is 1.